The van der Waals surface area contributed by atoms with Crippen molar-refractivity contribution in [3.63, 3.8) is 0 Å². The molecule has 0 unspecified atom stereocenters. The van der Waals surface area contributed by atoms with Crippen LogP contribution in [0.3, 0.4) is 0 Å². The minimum Gasteiger partial charge on any atom is -0.339 e. The lowest BCUT2D eigenvalue weighted by Gasteiger charge is -2.12. The van der Waals surface area contributed by atoms with E-state index < -0.39 is 0 Å². The van der Waals surface area contributed by atoms with Crippen LogP contribution in [0.15, 0.2) is 28.9 Å². The second-order valence-electron chi connectivity index (χ2n) is 4.23. The molecule has 2 rings (SSSR count). The van der Waals surface area contributed by atoms with E-state index in [0.29, 0.717) is 11.5 Å². The Morgan fingerprint density at radius 2 is 2.00 bits per heavy atom. The van der Waals surface area contributed by atoms with E-state index in [2.05, 4.69) is 21.5 Å². The van der Waals surface area contributed by atoms with Gasteiger partial charge in [-0.25, -0.2) is 4.98 Å². The Morgan fingerprint density at radius 1 is 1.33 bits per heavy atom. The average molecular weight is 243 g/mol. The fourth-order valence-corrected chi connectivity index (χ4v) is 1.82. The molecule has 1 heterocycles. The van der Waals surface area contributed by atoms with Crippen molar-refractivity contribution < 1.29 is 9.59 Å². The molecular formula is C13H13N3O2. The van der Waals surface area contributed by atoms with Gasteiger partial charge in [0.25, 0.3) is 0 Å². The molecule has 0 aliphatic heterocycles. The molecule has 0 bridgehead atoms. The van der Waals surface area contributed by atoms with E-state index in [4.69, 9.17) is 0 Å². The number of hydrogen-bond donors (Lipinski definition) is 1. The Labute approximate surface area is 104 Å². The van der Waals surface area contributed by atoms with Gasteiger partial charge in [-0.2, -0.15) is 0 Å². The normalized spacial score (nSPS) is 14.6. The third-order valence-electron chi connectivity index (χ3n) is 2.52. The average Bonchev–Trinajstić information content (AvgIpc) is 2.68. The fourth-order valence-electron chi connectivity index (χ4n) is 1.82. The Kier molecular flexibility index (Phi) is 2.82. The van der Waals surface area contributed by atoms with Crippen LogP contribution in [0.4, 0.5) is 0 Å². The zero-order valence-corrected chi connectivity index (χ0v) is 10.5. The molecule has 0 atom stereocenters. The molecule has 5 nitrogen and oxygen atoms in total. The zero-order chi connectivity index (χ0) is 13.4. The number of fused-ring (bicyclic) bond motifs is 1. The molecule has 5 heteroatoms. The van der Waals surface area contributed by atoms with E-state index in [1.165, 1.54) is 6.08 Å². The van der Waals surface area contributed by atoms with E-state index in [1.807, 2.05) is 0 Å². The van der Waals surface area contributed by atoms with Gasteiger partial charge in [-0.15, -0.1) is 0 Å². The third kappa shape index (κ3) is 1.73. The highest BCUT2D eigenvalue weighted by Crippen LogP contribution is 2.26. The monoisotopic (exact) mass is 243 g/mol. The van der Waals surface area contributed by atoms with Crippen molar-refractivity contribution in [2.45, 2.75) is 20.8 Å². The molecule has 1 aliphatic carbocycles. The van der Waals surface area contributed by atoms with Gasteiger partial charge < -0.3 is 4.98 Å². The lowest BCUT2D eigenvalue weighted by atomic mass is 9.94. The molecule has 1 aromatic heterocycles. The largest absolute Gasteiger partial charge is 0.339 e. The third-order valence-corrected chi connectivity index (χ3v) is 2.52. The molecule has 0 spiro atoms. The van der Waals surface area contributed by atoms with E-state index >= 15 is 0 Å². The number of hydrogen-bond acceptors (Lipinski definition) is 4. The number of rotatable bonds is 2. The van der Waals surface area contributed by atoms with Crippen molar-refractivity contribution in [3.8, 4) is 0 Å². The number of aliphatic imine (C=N–C) groups is 1. The molecule has 1 aromatic rings. The predicted molar refractivity (Wildman–Crippen MR) is 68.0 cm³/mol. The number of carbonyl (C=O) groups is 2. The Bertz CT molecular complexity index is 629. The first kappa shape index (κ1) is 12.2. The summed E-state index contributed by atoms with van der Waals surface area (Å²) < 4.78 is 0. The van der Waals surface area contributed by atoms with E-state index in [0.717, 1.165) is 0 Å². The zero-order valence-electron chi connectivity index (χ0n) is 10.5. The lowest BCUT2D eigenvalue weighted by Crippen LogP contribution is -2.21. The van der Waals surface area contributed by atoms with Crippen molar-refractivity contribution in [2.24, 2.45) is 4.99 Å². The van der Waals surface area contributed by atoms with Crippen LogP contribution in [-0.2, 0) is 0 Å². The predicted octanol–water partition coefficient (Wildman–Crippen LogP) is 2.02. The standard InChI is InChI=1S/C13H13N3O2/c1-5-8-9(14-6(2)3)13(18)11-10(12(8)17)15-7(4)16-11/h5H,1H2,2-4H3,(H,15,16). The first-order valence-corrected chi connectivity index (χ1v) is 5.50. The summed E-state index contributed by atoms with van der Waals surface area (Å²) in [5.41, 5.74) is 1.40. The van der Waals surface area contributed by atoms with Crippen LogP contribution in [0.5, 0.6) is 0 Å². The van der Waals surface area contributed by atoms with Crippen LogP contribution in [0, 0.1) is 6.92 Å². The van der Waals surface area contributed by atoms with Crippen LogP contribution in [0.25, 0.3) is 0 Å². The molecule has 0 fully saturated rings. The number of allylic oxidation sites excluding steroid dienone is 3. The van der Waals surface area contributed by atoms with Crippen molar-refractivity contribution >= 4 is 17.3 Å². The smallest absolute Gasteiger partial charge is 0.232 e. The van der Waals surface area contributed by atoms with Gasteiger partial charge in [0.1, 0.15) is 22.9 Å². The van der Waals surface area contributed by atoms with Crippen LogP contribution >= 0.6 is 0 Å². The summed E-state index contributed by atoms with van der Waals surface area (Å²) in [6, 6.07) is 0. The molecular weight excluding hydrogens is 230 g/mol. The van der Waals surface area contributed by atoms with Crippen LogP contribution in [0.1, 0.15) is 40.6 Å². The molecule has 1 aliphatic rings. The van der Waals surface area contributed by atoms with Gasteiger partial charge in [0.15, 0.2) is 0 Å². The van der Waals surface area contributed by atoms with Gasteiger partial charge in [0.2, 0.25) is 11.6 Å². The van der Waals surface area contributed by atoms with Gasteiger partial charge in [-0.05, 0) is 20.8 Å². The lowest BCUT2D eigenvalue weighted by molar-refractivity contribution is 0.0972. The fraction of sp³-hybridized carbons (Fsp3) is 0.231. The molecule has 0 saturated carbocycles. The number of nitrogens with zero attached hydrogens (tertiary/aromatic N) is 2. The minimum absolute atomic E-state index is 0.119. The summed E-state index contributed by atoms with van der Waals surface area (Å²) in [4.78, 5) is 35.4. The molecule has 0 radical (unpaired) electrons. The number of Topliss-reactive ketones (excluding diaryl/α,β-unsaturated/α-hetero) is 2. The number of aromatic amines is 1. The molecule has 0 saturated heterocycles. The molecule has 1 N–H and O–H groups in total. The SMILES string of the molecule is C=CC1=C(N=C(C)C)C(=O)c2nc(C)[nH]c2C1=O. The number of imidazole rings is 1. The first-order chi connectivity index (χ1) is 8.45. The van der Waals surface area contributed by atoms with E-state index in [-0.39, 0.29) is 34.2 Å². The Hall–Kier alpha value is -2.30. The summed E-state index contributed by atoms with van der Waals surface area (Å²) in [6.07, 6.45) is 1.36. The number of aryl methyl sites for hydroxylation is 1. The summed E-state index contributed by atoms with van der Waals surface area (Å²) in [5, 5.41) is 0. The molecule has 92 valence electrons. The number of aromatic nitrogens is 2. The van der Waals surface area contributed by atoms with Gasteiger partial charge >= 0.3 is 0 Å². The highest BCUT2D eigenvalue weighted by atomic mass is 16.1. The maximum Gasteiger partial charge on any atom is 0.232 e. The maximum atomic E-state index is 12.2. The first-order valence-electron chi connectivity index (χ1n) is 5.50. The second kappa shape index (κ2) is 4.18. The second-order valence-corrected chi connectivity index (χ2v) is 4.23. The summed E-state index contributed by atoms with van der Waals surface area (Å²) >= 11 is 0. The Balaban J connectivity index is 2.71. The van der Waals surface area contributed by atoms with Crippen LogP contribution in [-0.4, -0.2) is 27.2 Å². The highest BCUT2D eigenvalue weighted by Gasteiger charge is 2.33. The van der Waals surface area contributed by atoms with Crippen LogP contribution < -0.4 is 0 Å². The van der Waals surface area contributed by atoms with E-state index in [1.54, 1.807) is 20.8 Å². The van der Waals surface area contributed by atoms with Crippen molar-refractivity contribution in [2.75, 3.05) is 0 Å². The number of carbonyl (C=O) groups excluding carboxylic acids is 2. The van der Waals surface area contributed by atoms with Gasteiger partial charge in [-0.3, -0.25) is 14.6 Å². The Morgan fingerprint density at radius 3 is 2.56 bits per heavy atom. The van der Waals surface area contributed by atoms with Crippen molar-refractivity contribution in [1.29, 1.82) is 0 Å². The minimum atomic E-state index is -0.343. The quantitative estimate of drug-likeness (QED) is 0.807. The van der Waals surface area contributed by atoms with Gasteiger partial charge in [0, 0.05) is 5.71 Å². The summed E-state index contributed by atoms with van der Waals surface area (Å²) in [5.74, 6) is -0.103. The molecule has 0 aromatic carbocycles. The highest BCUT2D eigenvalue weighted by molar-refractivity contribution is 6.26. The summed E-state index contributed by atoms with van der Waals surface area (Å²) in [7, 11) is 0. The van der Waals surface area contributed by atoms with Crippen molar-refractivity contribution in [1.82, 2.24) is 9.97 Å². The van der Waals surface area contributed by atoms with Crippen LogP contribution in [0.2, 0.25) is 0 Å². The van der Waals surface area contributed by atoms with Gasteiger partial charge in [0.05, 0.1) is 5.57 Å². The maximum absolute atomic E-state index is 12.2. The molecule has 18 heavy (non-hydrogen) atoms. The number of H-pyrrole nitrogens is 1. The molecule has 0 amide bonds. The van der Waals surface area contributed by atoms with Crippen molar-refractivity contribution in [3.05, 3.63) is 41.1 Å². The number of ketones is 2. The summed E-state index contributed by atoms with van der Waals surface area (Å²) in [6.45, 7) is 8.79. The number of nitrogens with one attached hydrogen (secondary N) is 1. The van der Waals surface area contributed by atoms with Gasteiger partial charge in [-0.1, -0.05) is 12.7 Å². The topological polar surface area (TPSA) is 75.2 Å². The van der Waals surface area contributed by atoms with E-state index in [9.17, 15) is 9.59 Å².